The second kappa shape index (κ2) is 5.67. The van der Waals surface area contributed by atoms with Crippen LogP contribution in [0.3, 0.4) is 0 Å². The van der Waals surface area contributed by atoms with E-state index in [0.717, 1.165) is 17.7 Å². The normalized spacial score (nSPS) is 27.1. The van der Waals surface area contributed by atoms with Crippen LogP contribution in [0.5, 0.6) is 11.6 Å². The van der Waals surface area contributed by atoms with Crippen LogP contribution in [0.2, 0.25) is 0 Å². The molecule has 2 heterocycles. The van der Waals surface area contributed by atoms with E-state index in [1.54, 1.807) is 6.20 Å². The second-order valence-electron chi connectivity index (χ2n) is 6.82. The molecule has 0 unspecified atom stereocenters. The Balaban J connectivity index is 1.38. The number of hydrogen-bond donors (Lipinski definition) is 1. The van der Waals surface area contributed by atoms with E-state index in [1.165, 1.54) is 6.42 Å². The molecule has 0 amide bonds. The molecular formula is C19H18N4O2. The van der Waals surface area contributed by atoms with Crippen LogP contribution >= 0.6 is 0 Å². The van der Waals surface area contributed by atoms with Crippen molar-refractivity contribution in [3.05, 3.63) is 54.6 Å². The fourth-order valence-corrected chi connectivity index (χ4v) is 3.83. The monoisotopic (exact) mass is 334 g/mol. The third-order valence-corrected chi connectivity index (χ3v) is 5.20. The molecular weight excluding hydrogens is 316 g/mol. The van der Waals surface area contributed by atoms with Gasteiger partial charge < -0.3 is 15.0 Å². The average molecular weight is 334 g/mol. The second-order valence-corrected chi connectivity index (χ2v) is 6.82. The summed E-state index contributed by atoms with van der Waals surface area (Å²) in [6, 6.07) is 13.5. The number of nitrogens with two attached hydrogens (primary N) is 1. The highest BCUT2D eigenvalue weighted by Gasteiger charge is 2.55. The lowest BCUT2D eigenvalue weighted by molar-refractivity contribution is 0.341. The van der Waals surface area contributed by atoms with Crippen LogP contribution in [0, 0.1) is 11.8 Å². The number of nitrogens with zero attached hydrogens (tertiary/aromatic N) is 3. The Hall–Kier alpha value is -2.73. The third-order valence-electron chi connectivity index (χ3n) is 5.20. The maximum Gasteiger partial charge on any atom is 0.230 e. The molecule has 4 atom stereocenters. The Morgan fingerprint density at radius 3 is 2.72 bits per heavy atom. The summed E-state index contributed by atoms with van der Waals surface area (Å²) in [6.07, 6.45) is 3.82. The predicted molar refractivity (Wildman–Crippen MR) is 91.0 cm³/mol. The van der Waals surface area contributed by atoms with E-state index < -0.39 is 0 Å². The zero-order valence-corrected chi connectivity index (χ0v) is 13.6. The van der Waals surface area contributed by atoms with Gasteiger partial charge in [0.15, 0.2) is 0 Å². The minimum absolute atomic E-state index is 0.275. The van der Waals surface area contributed by atoms with Crippen molar-refractivity contribution in [2.24, 2.45) is 17.6 Å². The SMILES string of the molecule is N[C@@H]1C[C@H](c2nc(-c3ccnc(Oc4ccccc4)c3)no2)[C@H]2C[C@H]21. The molecule has 0 saturated heterocycles. The molecule has 2 N–H and O–H groups in total. The van der Waals surface area contributed by atoms with Gasteiger partial charge in [-0.25, -0.2) is 4.98 Å². The van der Waals surface area contributed by atoms with Gasteiger partial charge >= 0.3 is 0 Å². The molecule has 25 heavy (non-hydrogen) atoms. The van der Waals surface area contributed by atoms with Gasteiger partial charge in [0, 0.05) is 29.8 Å². The van der Waals surface area contributed by atoms with Gasteiger partial charge in [0.1, 0.15) is 5.75 Å². The Kier molecular flexibility index (Phi) is 3.31. The van der Waals surface area contributed by atoms with Gasteiger partial charge in [0.25, 0.3) is 0 Å². The van der Waals surface area contributed by atoms with Crippen LogP contribution in [0.1, 0.15) is 24.7 Å². The number of pyridine rings is 1. The molecule has 2 saturated carbocycles. The largest absolute Gasteiger partial charge is 0.439 e. The van der Waals surface area contributed by atoms with Gasteiger partial charge in [-0.3, -0.25) is 0 Å². The van der Waals surface area contributed by atoms with Crippen molar-refractivity contribution < 1.29 is 9.26 Å². The smallest absolute Gasteiger partial charge is 0.230 e. The molecule has 0 bridgehead atoms. The van der Waals surface area contributed by atoms with E-state index in [4.69, 9.17) is 15.0 Å². The lowest BCUT2D eigenvalue weighted by Gasteiger charge is -2.07. The maximum atomic E-state index is 6.14. The van der Waals surface area contributed by atoms with Crippen molar-refractivity contribution in [1.82, 2.24) is 15.1 Å². The molecule has 6 nitrogen and oxygen atoms in total. The topological polar surface area (TPSA) is 87.1 Å². The van der Waals surface area contributed by atoms with Gasteiger partial charge in [-0.2, -0.15) is 4.98 Å². The molecule has 2 aliphatic carbocycles. The van der Waals surface area contributed by atoms with Crippen molar-refractivity contribution in [3.8, 4) is 23.0 Å². The van der Waals surface area contributed by atoms with Gasteiger partial charge in [0.2, 0.25) is 17.6 Å². The summed E-state index contributed by atoms with van der Waals surface area (Å²) in [7, 11) is 0. The molecule has 0 radical (unpaired) electrons. The summed E-state index contributed by atoms with van der Waals surface area (Å²) in [5.41, 5.74) is 6.97. The molecule has 126 valence electrons. The van der Waals surface area contributed by atoms with Crippen LogP contribution in [0.15, 0.2) is 53.2 Å². The van der Waals surface area contributed by atoms with Crippen LogP contribution in [0.25, 0.3) is 11.4 Å². The molecule has 6 heteroatoms. The fourth-order valence-electron chi connectivity index (χ4n) is 3.83. The molecule has 2 fully saturated rings. The highest BCUT2D eigenvalue weighted by molar-refractivity contribution is 5.55. The van der Waals surface area contributed by atoms with Crippen molar-refractivity contribution in [3.63, 3.8) is 0 Å². The summed E-state index contributed by atoms with van der Waals surface area (Å²) in [5.74, 6) is 4.08. The zero-order chi connectivity index (χ0) is 16.8. The standard InChI is InChI=1S/C19H18N4O2/c20-16-10-15(13-9-14(13)16)19-22-18(23-25-19)11-6-7-21-17(8-11)24-12-4-2-1-3-5-12/h1-8,13-16H,9-10,20H2/t13-,14+,15-,16+/m0/s1. The summed E-state index contributed by atoms with van der Waals surface area (Å²) in [4.78, 5) is 8.85. The molecule has 1 aromatic carbocycles. The average Bonchev–Trinajstić information content (AvgIpc) is 3.16. The Morgan fingerprint density at radius 2 is 1.96 bits per heavy atom. The first-order valence-corrected chi connectivity index (χ1v) is 8.56. The lowest BCUT2D eigenvalue weighted by Crippen LogP contribution is -2.19. The van der Waals surface area contributed by atoms with Gasteiger partial charge in [-0.15, -0.1) is 0 Å². The van der Waals surface area contributed by atoms with E-state index in [1.807, 2.05) is 42.5 Å². The van der Waals surface area contributed by atoms with Crippen molar-refractivity contribution in [1.29, 1.82) is 0 Å². The van der Waals surface area contributed by atoms with E-state index in [2.05, 4.69) is 15.1 Å². The molecule has 5 rings (SSSR count). The summed E-state index contributed by atoms with van der Waals surface area (Å²) in [5, 5.41) is 4.15. The number of benzene rings is 1. The number of rotatable bonds is 4. The number of fused-ring (bicyclic) bond motifs is 1. The van der Waals surface area contributed by atoms with Crippen LogP contribution in [-0.4, -0.2) is 21.2 Å². The van der Waals surface area contributed by atoms with E-state index >= 15 is 0 Å². The van der Waals surface area contributed by atoms with E-state index in [0.29, 0.717) is 35.3 Å². The Labute approximate surface area is 145 Å². The molecule has 2 aliphatic rings. The van der Waals surface area contributed by atoms with E-state index in [9.17, 15) is 0 Å². The maximum absolute atomic E-state index is 6.14. The number of para-hydroxylation sites is 1. The number of ether oxygens (including phenoxy) is 1. The first-order valence-electron chi connectivity index (χ1n) is 8.56. The molecule has 3 aromatic rings. The van der Waals surface area contributed by atoms with Crippen molar-refractivity contribution in [2.45, 2.75) is 24.8 Å². The Bertz CT molecular complexity index is 895. The summed E-state index contributed by atoms with van der Waals surface area (Å²) >= 11 is 0. The number of aromatic nitrogens is 3. The van der Waals surface area contributed by atoms with Crippen LogP contribution in [0.4, 0.5) is 0 Å². The zero-order valence-electron chi connectivity index (χ0n) is 13.6. The number of hydrogen-bond acceptors (Lipinski definition) is 6. The minimum atomic E-state index is 0.275. The Morgan fingerprint density at radius 1 is 1.08 bits per heavy atom. The first-order chi connectivity index (χ1) is 12.3. The fraction of sp³-hybridized carbons (Fsp3) is 0.316. The highest BCUT2D eigenvalue weighted by Crippen LogP contribution is 2.58. The van der Waals surface area contributed by atoms with Gasteiger partial charge in [0.05, 0.1) is 0 Å². The van der Waals surface area contributed by atoms with Gasteiger partial charge in [-0.05, 0) is 42.9 Å². The van der Waals surface area contributed by atoms with Gasteiger partial charge in [-0.1, -0.05) is 23.4 Å². The highest BCUT2D eigenvalue weighted by atomic mass is 16.5. The summed E-state index contributed by atoms with van der Waals surface area (Å²) < 4.78 is 11.3. The van der Waals surface area contributed by atoms with Crippen molar-refractivity contribution >= 4 is 0 Å². The molecule has 0 spiro atoms. The van der Waals surface area contributed by atoms with Crippen LogP contribution in [-0.2, 0) is 0 Å². The summed E-state index contributed by atoms with van der Waals surface area (Å²) in [6.45, 7) is 0. The minimum Gasteiger partial charge on any atom is -0.439 e. The first kappa shape index (κ1) is 14.6. The quantitative estimate of drug-likeness (QED) is 0.787. The molecule has 0 aliphatic heterocycles. The van der Waals surface area contributed by atoms with Crippen LogP contribution < -0.4 is 10.5 Å². The van der Waals surface area contributed by atoms with E-state index in [-0.39, 0.29) is 6.04 Å². The van der Waals surface area contributed by atoms with Crippen molar-refractivity contribution in [2.75, 3.05) is 0 Å². The lowest BCUT2D eigenvalue weighted by atomic mass is 10.0. The molecule has 2 aromatic heterocycles. The third kappa shape index (κ3) is 2.68. The predicted octanol–water partition coefficient (Wildman–Crippen LogP) is 3.37.